The van der Waals surface area contributed by atoms with Gasteiger partial charge in [-0.3, -0.25) is 9.36 Å². The number of carbonyl (C=O) groups excluding carboxylic acids is 1. The van der Waals surface area contributed by atoms with E-state index >= 15 is 0 Å². The van der Waals surface area contributed by atoms with E-state index in [2.05, 4.69) is 14.8 Å². The quantitative estimate of drug-likeness (QED) is 0.703. The molecule has 0 unspecified atom stereocenters. The molecular weight excluding hydrogens is 372 g/mol. The Balaban J connectivity index is 1.90. The molecular formula is C18H23ClN4O2S. The van der Waals surface area contributed by atoms with Crippen LogP contribution >= 0.6 is 23.4 Å². The number of ether oxygens (including phenoxy) is 1. The lowest BCUT2D eigenvalue weighted by Gasteiger charge is -2.18. The van der Waals surface area contributed by atoms with Crippen LogP contribution in [0.3, 0.4) is 0 Å². The van der Waals surface area contributed by atoms with Gasteiger partial charge in [-0.15, -0.1) is 10.2 Å². The summed E-state index contributed by atoms with van der Waals surface area (Å²) < 4.78 is 7.86. The van der Waals surface area contributed by atoms with E-state index in [9.17, 15) is 4.79 Å². The molecule has 2 heterocycles. The van der Waals surface area contributed by atoms with Crippen LogP contribution in [0.5, 0.6) is 0 Å². The van der Waals surface area contributed by atoms with Gasteiger partial charge >= 0.3 is 0 Å². The summed E-state index contributed by atoms with van der Waals surface area (Å²) in [5.41, 5.74) is 0.943. The normalized spacial score (nSPS) is 18.1. The van der Waals surface area contributed by atoms with Crippen LogP contribution in [0.2, 0.25) is 5.02 Å². The number of nitrogens with zero attached hydrogens (tertiary/aromatic N) is 4. The van der Waals surface area contributed by atoms with Crippen molar-refractivity contribution in [2.45, 2.75) is 42.8 Å². The van der Waals surface area contributed by atoms with Crippen molar-refractivity contribution in [3.8, 4) is 11.4 Å². The number of thioether (sulfide) groups is 1. The molecule has 6 nitrogen and oxygen atoms in total. The van der Waals surface area contributed by atoms with Crippen LogP contribution in [0.1, 0.15) is 19.8 Å². The third-order valence-electron chi connectivity index (χ3n) is 4.30. The smallest absolute Gasteiger partial charge is 0.235 e. The molecule has 140 valence electrons. The van der Waals surface area contributed by atoms with Gasteiger partial charge < -0.3 is 9.64 Å². The third kappa shape index (κ3) is 4.39. The Labute approximate surface area is 162 Å². The van der Waals surface area contributed by atoms with Crippen LogP contribution in [-0.4, -0.2) is 57.6 Å². The average molecular weight is 395 g/mol. The Morgan fingerprint density at radius 1 is 1.38 bits per heavy atom. The summed E-state index contributed by atoms with van der Waals surface area (Å²) in [5, 5.41) is 9.91. The number of hydrogen-bond acceptors (Lipinski definition) is 5. The molecule has 1 amide bonds. The monoisotopic (exact) mass is 394 g/mol. The average Bonchev–Trinajstić information content (AvgIpc) is 3.26. The first-order chi connectivity index (χ1) is 12.5. The maximum Gasteiger partial charge on any atom is 0.235 e. The van der Waals surface area contributed by atoms with Gasteiger partial charge in [-0.2, -0.15) is 0 Å². The van der Waals surface area contributed by atoms with Gasteiger partial charge in [-0.25, -0.2) is 0 Å². The summed E-state index contributed by atoms with van der Waals surface area (Å²) >= 11 is 7.43. The van der Waals surface area contributed by atoms with Crippen molar-refractivity contribution < 1.29 is 9.53 Å². The molecule has 0 aliphatic carbocycles. The summed E-state index contributed by atoms with van der Waals surface area (Å²) in [7, 11) is 3.52. The third-order valence-corrected chi connectivity index (χ3v) is 5.62. The molecule has 1 saturated heterocycles. The number of hydrogen-bond donors (Lipinski definition) is 0. The van der Waals surface area contributed by atoms with Gasteiger partial charge in [0.25, 0.3) is 0 Å². The molecule has 8 heteroatoms. The second-order valence-corrected chi connectivity index (χ2v) is 8.30. The lowest BCUT2D eigenvalue weighted by molar-refractivity contribution is -0.127. The summed E-state index contributed by atoms with van der Waals surface area (Å²) in [5.74, 6) is 0.818. The Bertz CT molecular complexity index is 757. The molecule has 0 bridgehead atoms. The van der Waals surface area contributed by atoms with Gasteiger partial charge in [0.05, 0.1) is 17.9 Å². The first kappa shape index (κ1) is 19.2. The van der Waals surface area contributed by atoms with Gasteiger partial charge in [0.15, 0.2) is 11.0 Å². The molecule has 1 aliphatic heterocycles. The molecule has 0 radical (unpaired) electrons. The van der Waals surface area contributed by atoms with Crippen molar-refractivity contribution in [3.63, 3.8) is 0 Å². The number of aromatic nitrogens is 3. The Morgan fingerprint density at radius 3 is 2.73 bits per heavy atom. The van der Waals surface area contributed by atoms with Crippen molar-refractivity contribution in [1.29, 1.82) is 0 Å². The number of halogens is 1. The van der Waals surface area contributed by atoms with E-state index in [4.69, 9.17) is 16.3 Å². The van der Waals surface area contributed by atoms with Gasteiger partial charge in [-0.1, -0.05) is 23.4 Å². The number of benzene rings is 1. The zero-order chi connectivity index (χ0) is 18.7. The maximum atomic E-state index is 12.2. The van der Waals surface area contributed by atoms with Crippen LogP contribution in [0.25, 0.3) is 11.4 Å². The molecule has 0 N–H and O–H groups in total. The van der Waals surface area contributed by atoms with E-state index in [1.807, 2.05) is 31.2 Å². The molecule has 2 aromatic rings. The number of rotatable bonds is 6. The molecule has 0 saturated carbocycles. The highest BCUT2D eigenvalue weighted by atomic mass is 35.5. The van der Waals surface area contributed by atoms with Crippen molar-refractivity contribution in [3.05, 3.63) is 29.3 Å². The Kier molecular flexibility index (Phi) is 6.21. The Morgan fingerprint density at radius 2 is 2.12 bits per heavy atom. The van der Waals surface area contributed by atoms with Crippen LogP contribution in [0.15, 0.2) is 29.4 Å². The summed E-state index contributed by atoms with van der Waals surface area (Å²) in [6, 6.07) is 7.54. The largest absolute Gasteiger partial charge is 0.376 e. The molecule has 2 atom stereocenters. The minimum absolute atomic E-state index is 0.0507. The summed E-state index contributed by atoms with van der Waals surface area (Å²) in [4.78, 5) is 13.8. The van der Waals surface area contributed by atoms with Gasteiger partial charge in [-0.05, 0) is 44.0 Å². The molecule has 0 spiro atoms. The zero-order valence-electron chi connectivity index (χ0n) is 15.2. The molecule has 1 fully saturated rings. The highest BCUT2D eigenvalue weighted by molar-refractivity contribution is 8.00. The minimum Gasteiger partial charge on any atom is -0.376 e. The second-order valence-electron chi connectivity index (χ2n) is 6.55. The van der Waals surface area contributed by atoms with Crippen LogP contribution < -0.4 is 0 Å². The van der Waals surface area contributed by atoms with E-state index in [0.29, 0.717) is 11.6 Å². The molecule has 1 aromatic carbocycles. The van der Waals surface area contributed by atoms with E-state index in [0.717, 1.165) is 36.0 Å². The number of amides is 1. The van der Waals surface area contributed by atoms with Crippen molar-refractivity contribution >= 4 is 29.3 Å². The van der Waals surface area contributed by atoms with E-state index in [1.165, 1.54) is 11.8 Å². The molecule has 1 aliphatic rings. The highest BCUT2D eigenvalue weighted by Crippen LogP contribution is 2.29. The molecule has 26 heavy (non-hydrogen) atoms. The predicted molar refractivity (Wildman–Crippen MR) is 103 cm³/mol. The summed E-state index contributed by atoms with van der Waals surface area (Å²) in [6.07, 6.45) is 2.24. The zero-order valence-corrected chi connectivity index (χ0v) is 16.8. The fourth-order valence-corrected chi connectivity index (χ4v) is 4.05. The lowest BCUT2D eigenvalue weighted by Crippen LogP contribution is -2.30. The molecule has 1 aromatic heterocycles. The van der Waals surface area contributed by atoms with Crippen molar-refractivity contribution in [2.75, 3.05) is 20.7 Å². The Hall–Kier alpha value is -1.57. The minimum atomic E-state index is -0.240. The van der Waals surface area contributed by atoms with E-state index in [1.54, 1.807) is 19.0 Å². The second kappa shape index (κ2) is 8.41. The van der Waals surface area contributed by atoms with E-state index < -0.39 is 0 Å². The topological polar surface area (TPSA) is 60.2 Å². The van der Waals surface area contributed by atoms with Gasteiger partial charge in [0.2, 0.25) is 5.91 Å². The van der Waals surface area contributed by atoms with Crippen molar-refractivity contribution in [1.82, 2.24) is 19.7 Å². The SMILES string of the molecule is C[C@H](Sc1nnc(-c2ccc(Cl)cc2)n1C[C@H]1CCCO1)C(=O)N(C)C. The van der Waals surface area contributed by atoms with Gasteiger partial charge in [0, 0.05) is 31.3 Å². The summed E-state index contributed by atoms with van der Waals surface area (Å²) in [6.45, 7) is 3.36. The maximum absolute atomic E-state index is 12.2. The fraction of sp³-hybridized carbons (Fsp3) is 0.500. The van der Waals surface area contributed by atoms with Crippen molar-refractivity contribution in [2.24, 2.45) is 0 Å². The predicted octanol–water partition coefficient (Wildman–Crippen LogP) is 3.35. The highest BCUT2D eigenvalue weighted by Gasteiger charge is 2.25. The van der Waals surface area contributed by atoms with E-state index in [-0.39, 0.29) is 17.3 Å². The van der Waals surface area contributed by atoms with Gasteiger partial charge in [0.1, 0.15) is 0 Å². The number of carbonyl (C=O) groups is 1. The lowest BCUT2D eigenvalue weighted by atomic mass is 10.2. The van der Waals surface area contributed by atoms with Crippen LogP contribution in [0, 0.1) is 0 Å². The van der Waals surface area contributed by atoms with Crippen LogP contribution in [0.4, 0.5) is 0 Å². The first-order valence-corrected chi connectivity index (χ1v) is 9.90. The standard InChI is InChI=1S/C18H23ClN4O2S/c1-12(17(24)22(2)3)26-18-21-20-16(13-6-8-14(19)9-7-13)23(18)11-15-5-4-10-25-15/h6-9,12,15H,4-5,10-11H2,1-3H3/t12-,15+/m0/s1. The van der Waals surface area contributed by atoms with Crippen LogP contribution in [-0.2, 0) is 16.1 Å². The fourth-order valence-electron chi connectivity index (χ4n) is 2.92. The molecule has 3 rings (SSSR count). The first-order valence-electron chi connectivity index (χ1n) is 8.64.